The zero-order chi connectivity index (χ0) is 25.0. The summed E-state index contributed by atoms with van der Waals surface area (Å²) >= 11 is 0. The van der Waals surface area contributed by atoms with E-state index in [0.29, 0.717) is 18.7 Å². The summed E-state index contributed by atoms with van der Waals surface area (Å²) in [5.41, 5.74) is -3.42. The summed E-state index contributed by atoms with van der Waals surface area (Å²) in [6.45, 7) is 0.0310. The summed E-state index contributed by atoms with van der Waals surface area (Å²) in [7, 11) is 3.50. The molecule has 0 radical (unpaired) electrons. The van der Waals surface area contributed by atoms with Gasteiger partial charge in [-0.3, -0.25) is 4.79 Å². The number of rotatable bonds is 8. The van der Waals surface area contributed by atoms with Crippen LogP contribution in [0.5, 0.6) is 0 Å². The van der Waals surface area contributed by atoms with Gasteiger partial charge in [-0.05, 0) is 55.6 Å². The summed E-state index contributed by atoms with van der Waals surface area (Å²) < 4.78 is 105. The Bertz CT molecular complexity index is 941. The van der Waals surface area contributed by atoms with Crippen molar-refractivity contribution in [2.45, 2.75) is 24.9 Å². The maximum absolute atomic E-state index is 13.7. The first-order valence-corrected chi connectivity index (χ1v) is 9.57. The summed E-state index contributed by atoms with van der Waals surface area (Å²) in [6, 6.07) is 2.50. The second-order valence-electron chi connectivity index (χ2n) is 7.50. The Balaban J connectivity index is 2.27. The van der Waals surface area contributed by atoms with E-state index in [0.717, 1.165) is 18.2 Å². The van der Waals surface area contributed by atoms with Crippen LogP contribution in [-0.2, 0) is 23.7 Å². The molecule has 33 heavy (non-hydrogen) atoms. The van der Waals surface area contributed by atoms with Gasteiger partial charge in [0.2, 0.25) is 5.91 Å². The highest BCUT2D eigenvalue weighted by Gasteiger charge is 2.37. The SMILES string of the molecule is CN(C)CCNC(C(=O)NCc1cc(C(F)(F)F)cc(C(F)(F)F)c1)c1ccc(F)c(F)c1. The highest BCUT2D eigenvalue weighted by atomic mass is 19.4. The van der Waals surface area contributed by atoms with Gasteiger partial charge in [-0.1, -0.05) is 6.07 Å². The summed E-state index contributed by atoms with van der Waals surface area (Å²) in [6.07, 6.45) is -10.1. The van der Waals surface area contributed by atoms with Gasteiger partial charge in [-0.15, -0.1) is 0 Å². The van der Waals surface area contributed by atoms with Crippen molar-refractivity contribution in [3.8, 4) is 0 Å². The van der Waals surface area contributed by atoms with Crippen LogP contribution in [0.2, 0.25) is 0 Å². The number of halogens is 8. The third kappa shape index (κ3) is 7.67. The van der Waals surface area contributed by atoms with E-state index in [2.05, 4.69) is 10.6 Å². The number of alkyl halides is 6. The van der Waals surface area contributed by atoms with Crippen molar-refractivity contribution in [3.05, 3.63) is 70.3 Å². The Morgan fingerprint density at radius 1 is 0.909 bits per heavy atom. The van der Waals surface area contributed by atoms with Crippen LogP contribution in [0, 0.1) is 11.6 Å². The molecule has 0 heterocycles. The number of nitrogens with one attached hydrogen (secondary N) is 2. The van der Waals surface area contributed by atoms with Gasteiger partial charge in [0.25, 0.3) is 0 Å². The molecule has 4 nitrogen and oxygen atoms in total. The lowest BCUT2D eigenvalue weighted by molar-refractivity contribution is -0.143. The zero-order valence-corrected chi connectivity index (χ0v) is 17.5. The lowest BCUT2D eigenvalue weighted by Crippen LogP contribution is -2.40. The number of hydrogen-bond donors (Lipinski definition) is 2. The van der Waals surface area contributed by atoms with Gasteiger partial charge in [0.1, 0.15) is 6.04 Å². The first-order chi connectivity index (χ1) is 15.2. The monoisotopic (exact) mass is 483 g/mol. The van der Waals surface area contributed by atoms with Crippen molar-refractivity contribution in [3.63, 3.8) is 0 Å². The lowest BCUT2D eigenvalue weighted by atomic mass is 10.0. The molecule has 0 saturated carbocycles. The zero-order valence-electron chi connectivity index (χ0n) is 17.5. The van der Waals surface area contributed by atoms with Crippen LogP contribution in [0.25, 0.3) is 0 Å². The predicted molar refractivity (Wildman–Crippen MR) is 104 cm³/mol. The minimum atomic E-state index is -5.03. The van der Waals surface area contributed by atoms with E-state index in [4.69, 9.17) is 0 Å². The number of amides is 1. The Morgan fingerprint density at radius 2 is 1.48 bits per heavy atom. The average Bonchev–Trinajstić information content (AvgIpc) is 2.70. The third-order valence-electron chi connectivity index (χ3n) is 4.56. The second kappa shape index (κ2) is 10.5. The Labute approximate surface area is 184 Å². The molecule has 0 aliphatic rings. The average molecular weight is 483 g/mol. The molecule has 1 atom stereocenters. The summed E-state index contributed by atoms with van der Waals surface area (Å²) in [5.74, 6) is -3.20. The van der Waals surface area contributed by atoms with Crippen molar-refractivity contribution in [1.82, 2.24) is 15.5 Å². The van der Waals surface area contributed by atoms with Crippen LogP contribution < -0.4 is 10.6 Å². The van der Waals surface area contributed by atoms with E-state index >= 15 is 0 Å². The largest absolute Gasteiger partial charge is 0.416 e. The van der Waals surface area contributed by atoms with Gasteiger partial charge in [0.15, 0.2) is 11.6 Å². The van der Waals surface area contributed by atoms with Crippen molar-refractivity contribution < 1.29 is 39.9 Å². The number of hydrogen-bond acceptors (Lipinski definition) is 3. The smallest absolute Gasteiger partial charge is 0.350 e. The van der Waals surface area contributed by atoms with Gasteiger partial charge in [0, 0.05) is 19.6 Å². The maximum atomic E-state index is 13.7. The van der Waals surface area contributed by atoms with E-state index in [1.807, 2.05) is 0 Å². The Kier molecular flexibility index (Phi) is 8.41. The van der Waals surface area contributed by atoms with Crippen molar-refractivity contribution in [2.75, 3.05) is 27.2 Å². The van der Waals surface area contributed by atoms with E-state index in [9.17, 15) is 39.9 Å². The van der Waals surface area contributed by atoms with Crippen molar-refractivity contribution >= 4 is 5.91 Å². The van der Waals surface area contributed by atoms with Crippen LogP contribution in [0.15, 0.2) is 36.4 Å². The topological polar surface area (TPSA) is 44.4 Å². The molecular formula is C21H21F8N3O. The first kappa shape index (κ1) is 26.5. The van der Waals surface area contributed by atoms with Gasteiger partial charge < -0.3 is 15.5 Å². The van der Waals surface area contributed by atoms with Crippen LogP contribution in [-0.4, -0.2) is 38.0 Å². The van der Waals surface area contributed by atoms with Crippen LogP contribution >= 0.6 is 0 Å². The fourth-order valence-corrected chi connectivity index (χ4v) is 2.90. The van der Waals surface area contributed by atoms with Crippen LogP contribution in [0.1, 0.15) is 28.3 Å². The fourth-order valence-electron chi connectivity index (χ4n) is 2.90. The molecule has 1 amide bonds. The first-order valence-electron chi connectivity index (χ1n) is 9.57. The molecule has 0 bridgehead atoms. The van der Waals surface area contributed by atoms with E-state index < -0.39 is 59.2 Å². The number of nitrogens with zero attached hydrogens (tertiary/aromatic N) is 1. The van der Waals surface area contributed by atoms with Gasteiger partial charge in [0.05, 0.1) is 11.1 Å². The van der Waals surface area contributed by atoms with E-state index in [1.54, 1.807) is 19.0 Å². The summed E-state index contributed by atoms with van der Waals surface area (Å²) in [5, 5.41) is 5.08. The number of benzene rings is 2. The van der Waals surface area contributed by atoms with Gasteiger partial charge in [-0.25, -0.2) is 8.78 Å². The molecule has 2 aromatic carbocycles. The van der Waals surface area contributed by atoms with E-state index in [1.165, 1.54) is 0 Å². The lowest BCUT2D eigenvalue weighted by Gasteiger charge is -2.21. The molecular weight excluding hydrogens is 462 g/mol. The fraction of sp³-hybridized carbons (Fsp3) is 0.381. The molecule has 0 aromatic heterocycles. The molecule has 1 unspecified atom stereocenters. The molecule has 0 saturated heterocycles. The van der Waals surface area contributed by atoms with Crippen molar-refractivity contribution in [1.29, 1.82) is 0 Å². The molecule has 2 N–H and O–H groups in total. The molecule has 2 rings (SSSR count). The standard InChI is InChI=1S/C21H21F8N3O/c1-32(2)6-5-30-18(13-3-4-16(22)17(23)9-13)19(33)31-11-12-7-14(20(24,25)26)10-15(8-12)21(27,28)29/h3-4,7-10,18,30H,5-6,11H2,1-2H3,(H,31,33). The summed E-state index contributed by atoms with van der Waals surface area (Å²) in [4.78, 5) is 14.5. The van der Waals surface area contributed by atoms with Gasteiger partial charge in [-0.2, -0.15) is 26.3 Å². The molecule has 12 heteroatoms. The number of likely N-dealkylation sites (N-methyl/N-ethyl adjacent to an activating group) is 1. The molecule has 2 aromatic rings. The molecule has 0 fully saturated rings. The normalized spacial score (nSPS) is 13.3. The predicted octanol–water partition coefficient (Wildman–Crippen LogP) is 4.51. The quantitative estimate of drug-likeness (QED) is 0.544. The highest BCUT2D eigenvalue weighted by molar-refractivity contribution is 5.83. The van der Waals surface area contributed by atoms with Gasteiger partial charge >= 0.3 is 12.4 Å². The molecule has 0 aliphatic carbocycles. The van der Waals surface area contributed by atoms with Crippen LogP contribution in [0.3, 0.4) is 0 Å². The Morgan fingerprint density at radius 3 is 1.97 bits per heavy atom. The molecule has 0 spiro atoms. The highest BCUT2D eigenvalue weighted by Crippen LogP contribution is 2.36. The number of carbonyl (C=O) groups is 1. The van der Waals surface area contributed by atoms with Crippen molar-refractivity contribution in [2.24, 2.45) is 0 Å². The maximum Gasteiger partial charge on any atom is 0.416 e. The third-order valence-corrected chi connectivity index (χ3v) is 4.56. The van der Waals surface area contributed by atoms with Crippen LogP contribution in [0.4, 0.5) is 35.1 Å². The molecule has 0 aliphatic heterocycles. The Hall–Kier alpha value is -2.73. The molecule has 182 valence electrons. The minimum Gasteiger partial charge on any atom is -0.350 e. The van der Waals surface area contributed by atoms with E-state index in [-0.39, 0.29) is 18.2 Å². The minimum absolute atomic E-state index is 0.0157. The second-order valence-corrected chi connectivity index (χ2v) is 7.50. The number of carbonyl (C=O) groups excluding carboxylic acids is 1.